The molecule has 0 spiro atoms. The van der Waals surface area contributed by atoms with E-state index in [9.17, 15) is 9.59 Å². The van der Waals surface area contributed by atoms with Gasteiger partial charge < -0.3 is 10.1 Å². The van der Waals surface area contributed by atoms with Crippen LogP contribution in [-0.4, -0.2) is 23.8 Å². The van der Waals surface area contributed by atoms with E-state index in [1.54, 1.807) is 23.1 Å². The zero-order valence-corrected chi connectivity index (χ0v) is 15.0. The molecule has 0 saturated carbocycles. The lowest BCUT2D eigenvalue weighted by molar-refractivity contribution is -0.121. The molecule has 2 aromatic carbocycles. The predicted octanol–water partition coefficient (Wildman–Crippen LogP) is 3.92. The summed E-state index contributed by atoms with van der Waals surface area (Å²) >= 11 is 7.47. The summed E-state index contributed by atoms with van der Waals surface area (Å²) in [5.41, 5.74) is 1.29. The molecule has 1 atom stereocenters. The van der Waals surface area contributed by atoms with Crippen LogP contribution in [0.15, 0.2) is 47.4 Å². The third kappa shape index (κ3) is 2.48. The molecule has 25 heavy (non-hydrogen) atoms. The summed E-state index contributed by atoms with van der Waals surface area (Å²) in [5.74, 6) is 0.233. The molecule has 2 aromatic rings. The van der Waals surface area contributed by atoms with Gasteiger partial charge in [-0.2, -0.15) is 0 Å². The predicted molar refractivity (Wildman–Crippen MR) is 98.4 cm³/mol. The first-order chi connectivity index (χ1) is 12.0. The van der Waals surface area contributed by atoms with E-state index < -0.39 is 4.87 Å². The van der Waals surface area contributed by atoms with Crippen LogP contribution in [0.25, 0.3) is 0 Å². The Morgan fingerprint density at radius 2 is 2.12 bits per heavy atom. The number of methoxy groups -OCH3 is 1. The molecule has 1 fully saturated rings. The third-order valence-electron chi connectivity index (χ3n) is 4.44. The summed E-state index contributed by atoms with van der Waals surface area (Å²) in [7, 11) is 1.53. The van der Waals surface area contributed by atoms with Crippen LogP contribution in [0.3, 0.4) is 0 Å². The molecule has 5 nitrogen and oxygen atoms in total. The van der Waals surface area contributed by atoms with E-state index in [0.717, 1.165) is 10.6 Å². The standard InChI is InChI=1S/C18H15ClN2O3S/c1-24-14-7-6-11(19)10-12(14)20-17(23)18-9-8-16(22)21(18)13-4-2-3-5-15(13)25-18/h2-7,10H,8-9H2,1H3,(H,20,23)/t18-/m1/s1. The minimum absolute atomic E-state index is 0.0364. The molecule has 0 radical (unpaired) electrons. The Morgan fingerprint density at radius 1 is 1.32 bits per heavy atom. The molecule has 2 aliphatic rings. The zero-order valence-electron chi connectivity index (χ0n) is 13.4. The fourth-order valence-electron chi connectivity index (χ4n) is 3.30. The SMILES string of the molecule is COc1ccc(Cl)cc1NC(=O)[C@]12CCC(=O)N1c1ccccc1S2. The number of anilines is 2. The quantitative estimate of drug-likeness (QED) is 0.884. The van der Waals surface area contributed by atoms with Crippen molar-refractivity contribution in [3.05, 3.63) is 47.5 Å². The van der Waals surface area contributed by atoms with Gasteiger partial charge in [0.1, 0.15) is 5.75 Å². The molecular formula is C18H15ClN2O3S. The van der Waals surface area contributed by atoms with Crippen molar-refractivity contribution in [1.29, 1.82) is 0 Å². The molecule has 1 saturated heterocycles. The number of ether oxygens (including phenoxy) is 1. The molecule has 0 bridgehead atoms. The maximum absolute atomic E-state index is 13.2. The molecule has 128 valence electrons. The van der Waals surface area contributed by atoms with Crippen LogP contribution in [0.1, 0.15) is 12.8 Å². The number of fused-ring (bicyclic) bond motifs is 3. The summed E-state index contributed by atoms with van der Waals surface area (Å²) in [6, 6.07) is 12.6. The van der Waals surface area contributed by atoms with E-state index in [1.807, 2.05) is 24.3 Å². The highest BCUT2D eigenvalue weighted by Crippen LogP contribution is 2.56. The van der Waals surface area contributed by atoms with E-state index in [1.165, 1.54) is 18.9 Å². The fourth-order valence-corrected chi connectivity index (χ4v) is 4.88. The van der Waals surface area contributed by atoms with Crippen LogP contribution < -0.4 is 15.0 Å². The molecular weight excluding hydrogens is 360 g/mol. The number of halogens is 1. The molecule has 7 heteroatoms. The molecule has 1 N–H and O–H groups in total. The Labute approximate surface area is 154 Å². The number of nitrogens with one attached hydrogen (secondary N) is 1. The minimum atomic E-state index is -0.964. The van der Waals surface area contributed by atoms with Gasteiger partial charge in [0, 0.05) is 16.3 Å². The van der Waals surface area contributed by atoms with Crippen molar-refractivity contribution >= 4 is 46.6 Å². The maximum atomic E-state index is 13.2. The topological polar surface area (TPSA) is 58.6 Å². The van der Waals surface area contributed by atoms with Gasteiger partial charge in [-0.05, 0) is 36.8 Å². The Morgan fingerprint density at radius 3 is 2.92 bits per heavy atom. The lowest BCUT2D eigenvalue weighted by Gasteiger charge is -2.29. The van der Waals surface area contributed by atoms with Crippen LogP contribution >= 0.6 is 23.4 Å². The molecule has 0 unspecified atom stereocenters. The number of carbonyl (C=O) groups is 2. The molecule has 4 rings (SSSR count). The number of thioether (sulfide) groups is 1. The smallest absolute Gasteiger partial charge is 0.261 e. The summed E-state index contributed by atoms with van der Waals surface area (Å²) in [4.78, 5) is 27.2. The first-order valence-electron chi connectivity index (χ1n) is 7.81. The highest BCUT2D eigenvalue weighted by atomic mass is 35.5. The van der Waals surface area contributed by atoms with Crippen LogP contribution in [0, 0.1) is 0 Å². The number of amides is 2. The van der Waals surface area contributed by atoms with Gasteiger partial charge in [-0.15, -0.1) is 0 Å². The minimum Gasteiger partial charge on any atom is -0.495 e. The normalized spacial score (nSPS) is 21.0. The maximum Gasteiger partial charge on any atom is 0.261 e. The number of benzene rings is 2. The van der Waals surface area contributed by atoms with E-state index in [0.29, 0.717) is 29.3 Å². The van der Waals surface area contributed by atoms with E-state index in [-0.39, 0.29) is 11.8 Å². The van der Waals surface area contributed by atoms with Crippen molar-refractivity contribution in [2.24, 2.45) is 0 Å². The second kappa shape index (κ2) is 5.97. The second-order valence-corrected chi connectivity index (χ2v) is 7.64. The van der Waals surface area contributed by atoms with Gasteiger partial charge in [-0.3, -0.25) is 14.5 Å². The fraction of sp³-hybridized carbons (Fsp3) is 0.222. The highest BCUT2D eigenvalue weighted by Gasteiger charge is 2.57. The highest BCUT2D eigenvalue weighted by molar-refractivity contribution is 8.02. The Hall–Kier alpha value is -2.18. The molecule has 2 aliphatic heterocycles. The van der Waals surface area contributed by atoms with Gasteiger partial charge in [0.25, 0.3) is 5.91 Å². The van der Waals surface area contributed by atoms with Crippen molar-refractivity contribution < 1.29 is 14.3 Å². The summed E-state index contributed by atoms with van der Waals surface area (Å²) < 4.78 is 5.30. The van der Waals surface area contributed by atoms with Crippen LogP contribution in [0.5, 0.6) is 5.75 Å². The van der Waals surface area contributed by atoms with Gasteiger partial charge in [0.05, 0.1) is 18.5 Å². The largest absolute Gasteiger partial charge is 0.495 e. The van der Waals surface area contributed by atoms with Crippen LogP contribution in [-0.2, 0) is 9.59 Å². The van der Waals surface area contributed by atoms with Gasteiger partial charge in [-0.1, -0.05) is 35.5 Å². The monoisotopic (exact) mass is 374 g/mol. The molecule has 0 aliphatic carbocycles. The van der Waals surface area contributed by atoms with Gasteiger partial charge in [0.2, 0.25) is 5.91 Å². The van der Waals surface area contributed by atoms with Crippen molar-refractivity contribution in [3.63, 3.8) is 0 Å². The number of nitrogens with zero attached hydrogens (tertiary/aromatic N) is 1. The van der Waals surface area contributed by atoms with Crippen LogP contribution in [0.4, 0.5) is 11.4 Å². The number of rotatable bonds is 3. The van der Waals surface area contributed by atoms with Gasteiger partial charge in [-0.25, -0.2) is 0 Å². The summed E-state index contributed by atoms with van der Waals surface area (Å²) in [6.45, 7) is 0. The average molecular weight is 375 g/mol. The molecule has 2 amide bonds. The van der Waals surface area contributed by atoms with E-state index in [2.05, 4.69) is 5.32 Å². The molecule has 0 aromatic heterocycles. The Kier molecular flexibility index (Phi) is 3.89. The average Bonchev–Trinajstić information content (AvgIpc) is 3.11. The first kappa shape index (κ1) is 16.3. The van der Waals surface area contributed by atoms with Crippen molar-refractivity contribution in [3.8, 4) is 5.75 Å². The summed E-state index contributed by atoms with van der Waals surface area (Å²) in [5, 5.41) is 3.39. The van der Waals surface area contributed by atoms with Gasteiger partial charge in [0.15, 0.2) is 4.87 Å². The van der Waals surface area contributed by atoms with Crippen molar-refractivity contribution in [2.75, 3.05) is 17.3 Å². The number of hydrogen-bond donors (Lipinski definition) is 1. The zero-order chi connectivity index (χ0) is 17.6. The molecule has 2 heterocycles. The summed E-state index contributed by atoms with van der Waals surface area (Å²) in [6.07, 6.45) is 0.807. The first-order valence-corrected chi connectivity index (χ1v) is 9.01. The van der Waals surface area contributed by atoms with Gasteiger partial charge >= 0.3 is 0 Å². The number of hydrogen-bond acceptors (Lipinski definition) is 4. The van der Waals surface area contributed by atoms with Crippen molar-refractivity contribution in [1.82, 2.24) is 0 Å². The Bertz CT molecular complexity index is 888. The lowest BCUT2D eigenvalue weighted by atomic mass is 10.1. The number of para-hydroxylation sites is 1. The van der Waals surface area contributed by atoms with E-state index >= 15 is 0 Å². The lowest BCUT2D eigenvalue weighted by Crippen LogP contribution is -2.49. The second-order valence-electron chi connectivity index (χ2n) is 5.88. The number of carbonyl (C=O) groups excluding carboxylic acids is 2. The third-order valence-corrected chi connectivity index (χ3v) is 6.15. The van der Waals surface area contributed by atoms with Crippen LogP contribution in [0.2, 0.25) is 5.02 Å². The Balaban J connectivity index is 1.71. The van der Waals surface area contributed by atoms with E-state index in [4.69, 9.17) is 16.3 Å². The van der Waals surface area contributed by atoms with Crippen molar-refractivity contribution in [2.45, 2.75) is 22.6 Å².